The maximum Gasteiger partial charge on any atom is 0.159 e. The first-order valence-electron chi connectivity index (χ1n) is 5.43. The smallest absolute Gasteiger partial charge is 0.159 e. The van der Waals surface area contributed by atoms with Crippen LogP contribution in [-0.2, 0) is 0 Å². The van der Waals surface area contributed by atoms with Crippen molar-refractivity contribution in [2.75, 3.05) is 0 Å². The van der Waals surface area contributed by atoms with E-state index in [9.17, 15) is 13.6 Å². The Morgan fingerprint density at radius 3 is 2.74 bits per heavy atom. The lowest BCUT2D eigenvalue weighted by atomic mass is 10.1. The Balaban J connectivity index is 2.32. The van der Waals surface area contributed by atoms with Crippen molar-refractivity contribution < 1.29 is 13.6 Å². The molecule has 2 aromatic heterocycles. The van der Waals surface area contributed by atoms with Gasteiger partial charge in [0.15, 0.2) is 17.9 Å². The van der Waals surface area contributed by atoms with Gasteiger partial charge in [-0.3, -0.25) is 4.79 Å². The molecule has 0 saturated heterocycles. The predicted octanol–water partition coefficient (Wildman–Crippen LogP) is 2.72. The highest BCUT2D eigenvalue weighted by atomic mass is 19.2. The van der Waals surface area contributed by atoms with Crippen LogP contribution in [0.15, 0.2) is 30.7 Å². The van der Waals surface area contributed by atoms with E-state index in [0.717, 1.165) is 12.1 Å². The summed E-state index contributed by atoms with van der Waals surface area (Å²) in [5, 5.41) is 0.489. The molecule has 0 fully saturated rings. The lowest BCUT2D eigenvalue weighted by molar-refractivity contribution is 0.112. The first-order valence-corrected chi connectivity index (χ1v) is 5.43. The first kappa shape index (κ1) is 11.5. The van der Waals surface area contributed by atoms with Crippen LogP contribution < -0.4 is 0 Å². The average molecular weight is 259 g/mol. The number of fused-ring (bicyclic) bond motifs is 1. The van der Waals surface area contributed by atoms with Gasteiger partial charge >= 0.3 is 0 Å². The van der Waals surface area contributed by atoms with Gasteiger partial charge in [-0.25, -0.2) is 18.7 Å². The van der Waals surface area contributed by atoms with Crippen LogP contribution in [0, 0.1) is 11.6 Å². The molecular weight excluding hydrogens is 252 g/mol. The van der Waals surface area contributed by atoms with Crippen LogP contribution >= 0.6 is 0 Å². The Labute approximate surface area is 106 Å². The summed E-state index contributed by atoms with van der Waals surface area (Å²) in [5.74, 6) is -1.90. The quantitative estimate of drug-likeness (QED) is 0.720. The van der Waals surface area contributed by atoms with Crippen LogP contribution in [0.25, 0.3) is 22.3 Å². The number of aromatic nitrogens is 3. The topological polar surface area (TPSA) is 58.6 Å². The van der Waals surface area contributed by atoms with E-state index in [1.54, 1.807) is 0 Å². The van der Waals surface area contributed by atoms with Gasteiger partial charge in [0, 0.05) is 17.3 Å². The summed E-state index contributed by atoms with van der Waals surface area (Å²) >= 11 is 0. The predicted molar refractivity (Wildman–Crippen MR) is 64.6 cm³/mol. The van der Waals surface area contributed by atoms with Gasteiger partial charge in [0.2, 0.25) is 0 Å². The third-order valence-corrected chi connectivity index (χ3v) is 2.82. The maximum atomic E-state index is 13.3. The zero-order valence-electron chi connectivity index (χ0n) is 9.52. The van der Waals surface area contributed by atoms with Crippen LogP contribution in [-0.4, -0.2) is 21.2 Å². The molecule has 0 aliphatic rings. The van der Waals surface area contributed by atoms with E-state index < -0.39 is 11.6 Å². The van der Waals surface area contributed by atoms with E-state index >= 15 is 0 Å². The lowest BCUT2D eigenvalue weighted by Gasteiger charge is -2.03. The van der Waals surface area contributed by atoms with Crippen molar-refractivity contribution in [2.24, 2.45) is 0 Å². The number of benzene rings is 1. The van der Waals surface area contributed by atoms with Gasteiger partial charge in [-0.15, -0.1) is 0 Å². The molecule has 0 radical (unpaired) electrons. The minimum atomic E-state index is -0.965. The van der Waals surface area contributed by atoms with E-state index in [0.29, 0.717) is 34.1 Å². The molecule has 0 bridgehead atoms. The fraction of sp³-hybridized carbons (Fsp3) is 0. The Kier molecular flexibility index (Phi) is 2.56. The summed E-state index contributed by atoms with van der Waals surface area (Å²) in [6.07, 6.45) is 3.45. The summed E-state index contributed by atoms with van der Waals surface area (Å²) in [4.78, 5) is 21.8. The van der Waals surface area contributed by atoms with Gasteiger partial charge in [0.25, 0.3) is 0 Å². The largest absolute Gasteiger partial charge is 0.345 e. The average Bonchev–Trinajstić information content (AvgIpc) is 2.85. The highest BCUT2D eigenvalue weighted by Gasteiger charge is 2.13. The molecule has 0 spiro atoms. The Bertz CT molecular complexity index is 783. The number of aromatic amines is 1. The SMILES string of the molecule is O=Cc1c[nH]c2ncnc(-c3ccc(F)c(F)c3)c12. The third kappa shape index (κ3) is 1.77. The number of hydrogen-bond donors (Lipinski definition) is 1. The van der Waals surface area contributed by atoms with Crippen LogP contribution in [0.3, 0.4) is 0 Å². The van der Waals surface area contributed by atoms with Gasteiger partial charge in [0.05, 0.1) is 11.1 Å². The molecule has 0 saturated carbocycles. The zero-order valence-corrected chi connectivity index (χ0v) is 9.52. The van der Waals surface area contributed by atoms with Gasteiger partial charge in [-0.1, -0.05) is 0 Å². The van der Waals surface area contributed by atoms with Crippen LogP contribution in [0.4, 0.5) is 8.78 Å². The van der Waals surface area contributed by atoms with Crippen molar-refractivity contribution in [3.63, 3.8) is 0 Å². The number of hydrogen-bond acceptors (Lipinski definition) is 3. The lowest BCUT2D eigenvalue weighted by Crippen LogP contribution is -1.91. The molecule has 6 heteroatoms. The monoisotopic (exact) mass is 259 g/mol. The minimum absolute atomic E-state index is 0.371. The van der Waals surface area contributed by atoms with E-state index in [4.69, 9.17) is 0 Å². The standard InChI is InChI=1S/C13H7F2N3O/c14-9-2-1-7(3-10(9)15)12-11-8(5-19)4-16-13(11)18-6-17-12/h1-6H,(H,16,17,18). The number of carbonyl (C=O) groups excluding carboxylic acids is 1. The van der Waals surface area contributed by atoms with Crippen molar-refractivity contribution in [2.45, 2.75) is 0 Å². The number of nitrogens with zero attached hydrogens (tertiary/aromatic N) is 2. The van der Waals surface area contributed by atoms with Crippen molar-refractivity contribution in [1.82, 2.24) is 15.0 Å². The molecule has 0 unspecified atom stereocenters. The summed E-state index contributed by atoms with van der Waals surface area (Å²) in [6.45, 7) is 0. The number of halogens is 2. The van der Waals surface area contributed by atoms with Crippen LogP contribution in [0.1, 0.15) is 10.4 Å². The summed E-state index contributed by atoms with van der Waals surface area (Å²) in [7, 11) is 0. The molecule has 3 aromatic rings. The molecule has 0 aliphatic heterocycles. The van der Waals surface area contributed by atoms with E-state index in [1.807, 2.05) is 0 Å². The van der Waals surface area contributed by atoms with Crippen molar-refractivity contribution in [3.8, 4) is 11.3 Å². The molecule has 1 aromatic carbocycles. The molecule has 4 nitrogen and oxygen atoms in total. The minimum Gasteiger partial charge on any atom is -0.345 e. The number of nitrogens with one attached hydrogen (secondary N) is 1. The molecule has 0 atom stereocenters. The highest BCUT2D eigenvalue weighted by molar-refractivity contribution is 6.02. The number of H-pyrrole nitrogens is 1. The number of rotatable bonds is 2. The molecule has 3 rings (SSSR count). The second kappa shape index (κ2) is 4.24. The van der Waals surface area contributed by atoms with Crippen LogP contribution in [0.5, 0.6) is 0 Å². The zero-order chi connectivity index (χ0) is 13.4. The van der Waals surface area contributed by atoms with Crippen molar-refractivity contribution in [1.29, 1.82) is 0 Å². The molecular formula is C13H7F2N3O. The molecule has 0 amide bonds. The van der Waals surface area contributed by atoms with Gasteiger partial charge in [-0.2, -0.15) is 0 Å². The van der Waals surface area contributed by atoms with Gasteiger partial charge < -0.3 is 4.98 Å². The fourth-order valence-corrected chi connectivity index (χ4v) is 1.94. The van der Waals surface area contributed by atoms with Crippen molar-refractivity contribution >= 4 is 17.3 Å². The van der Waals surface area contributed by atoms with Gasteiger partial charge in [-0.05, 0) is 18.2 Å². The van der Waals surface area contributed by atoms with Crippen molar-refractivity contribution in [3.05, 3.63) is 47.9 Å². The second-order valence-electron chi connectivity index (χ2n) is 3.94. The fourth-order valence-electron chi connectivity index (χ4n) is 1.94. The van der Waals surface area contributed by atoms with E-state index in [1.165, 1.54) is 18.6 Å². The Morgan fingerprint density at radius 2 is 2.00 bits per heavy atom. The normalized spacial score (nSPS) is 10.8. The number of aldehydes is 1. The van der Waals surface area contributed by atoms with Crippen LogP contribution in [0.2, 0.25) is 0 Å². The summed E-state index contributed by atoms with van der Waals surface area (Å²) < 4.78 is 26.2. The maximum absolute atomic E-state index is 13.3. The molecule has 19 heavy (non-hydrogen) atoms. The first-order chi connectivity index (χ1) is 9.20. The molecule has 1 N–H and O–H groups in total. The highest BCUT2D eigenvalue weighted by Crippen LogP contribution is 2.28. The van der Waals surface area contributed by atoms with E-state index in [-0.39, 0.29) is 0 Å². The van der Waals surface area contributed by atoms with Gasteiger partial charge in [0.1, 0.15) is 12.0 Å². The molecule has 0 aliphatic carbocycles. The Morgan fingerprint density at radius 1 is 1.16 bits per heavy atom. The Hall–Kier alpha value is -2.63. The second-order valence-corrected chi connectivity index (χ2v) is 3.94. The summed E-state index contributed by atoms with van der Waals surface area (Å²) in [5.41, 5.74) is 1.61. The third-order valence-electron chi connectivity index (χ3n) is 2.82. The summed E-state index contributed by atoms with van der Waals surface area (Å²) in [6, 6.07) is 3.46. The molecule has 2 heterocycles. The number of carbonyl (C=O) groups is 1. The molecule has 94 valence electrons. The van der Waals surface area contributed by atoms with E-state index in [2.05, 4.69) is 15.0 Å².